The number of halogens is 2. The van der Waals surface area contributed by atoms with Crippen LogP contribution in [0.15, 0.2) is 54.9 Å². The number of carbonyl (C=O) groups excluding carboxylic acids is 1. The molecule has 3 heterocycles. The Bertz CT molecular complexity index is 1230. The standard InChI is InChI=1S/C21H13F2N3O/c22-14-1-2-15(19(23)7-14)18-8-17-13(10-26-21(17)27)6-16(18)12-5-11-3-4-24-20(11)25-9-12/h1-9H,10H2,(H,24,25)(H,26,27). The Labute approximate surface area is 152 Å². The van der Waals surface area contributed by atoms with Gasteiger partial charge in [-0.15, -0.1) is 0 Å². The van der Waals surface area contributed by atoms with Crippen molar-refractivity contribution in [1.29, 1.82) is 0 Å². The largest absolute Gasteiger partial charge is 0.348 e. The van der Waals surface area contributed by atoms with Gasteiger partial charge in [-0.2, -0.15) is 0 Å². The molecule has 1 aliphatic heterocycles. The molecular formula is C21H13F2N3O. The summed E-state index contributed by atoms with van der Waals surface area (Å²) in [6, 6.07) is 10.9. The van der Waals surface area contributed by atoms with Gasteiger partial charge in [0.1, 0.15) is 17.3 Å². The molecule has 0 bridgehead atoms. The summed E-state index contributed by atoms with van der Waals surface area (Å²) in [4.78, 5) is 19.5. The van der Waals surface area contributed by atoms with Gasteiger partial charge in [0.25, 0.3) is 5.91 Å². The minimum atomic E-state index is -0.676. The molecule has 0 unspecified atom stereocenters. The maximum absolute atomic E-state index is 14.5. The molecule has 132 valence electrons. The monoisotopic (exact) mass is 361 g/mol. The molecular weight excluding hydrogens is 348 g/mol. The summed E-state index contributed by atoms with van der Waals surface area (Å²) < 4.78 is 27.9. The second kappa shape index (κ2) is 5.74. The molecule has 0 spiro atoms. The number of carbonyl (C=O) groups is 1. The van der Waals surface area contributed by atoms with E-state index in [9.17, 15) is 13.6 Å². The molecule has 0 radical (unpaired) electrons. The fourth-order valence-corrected chi connectivity index (χ4v) is 3.53. The third kappa shape index (κ3) is 2.49. The van der Waals surface area contributed by atoms with Crippen LogP contribution in [0.3, 0.4) is 0 Å². The van der Waals surface area contributed by atoms with Gasteiger partial charge in [0.15, 0.2) is 0 Å². The highest BCUT2D eigenvalue weighted by molar-refractivity contribution is 6.02. The Morgan fingerprint density at radius 1 is 0.926 bits per heavy atom. The Kier molecular flexibility index (Phi) is 3.33. The summed E-state index contributed by atoms with van der Waals surface area (Å²) in [5, 5.41) is 3.70. The number of nitrogens with zero attached hydrogens (tertiary/aromatic N) is 1. The lowest BCUT2D eigenvalue weighted by Crippen LogP contribution is -2.12. The number of amides is 1. The van der Waals surface area contributed by atoms with E-state index in [1.165, 1.54) is 12.1 Å². The van der Waals surface area contributed by atoms with Crippen LogP contribution in [0.4, 0.5) is 8.78 Å². The third-order valence-electron chi connectivity index (χ3n) is 4.86. The van der Waals surface area contributed by atoms with Gasteiger partial charge in [0, 0.05) is 47.1 Å². The van der Waals surface area contributed by atoms with Gasteiger partial charge in [0.2, 0.25) is 0 Å². The van der Waals surface area contributed by atoms with Gasteiger partial charge in [-0.1, -0.05) is 0 Å². The van der Waals surface area contributed by atoms with Crippen molar-refractivity contribution in [2.24, 2.45) is 0 Å². The van der Waals surface area contributed by atoms with Crippen molar-refractivity contribution in [2.75, 3.05) is 0 Å². The molecule has 6 heteroatoms. The maximum atomic E-state index is 14.5. The number of H-pyrrole nitrogens is 1. The molecule has 0 saturated carbocycles. The summed E-state index contributed by atoms with van der Waals surface area (Å²) >= 11 is 0. The number of aromatic nitrogens is 2. The van der Waals surface area contributed by atoms with Crippen molar-refractivity contribution in [3.63, 3.8) is 0 Å². The highest BCUT2D eigenvalue weighted by Gasteiger charge is 2.23. The first kappa shape index (κ1) is 15.7. The Balaban J connectivity index is 1.80. The Morgan fingerprint density at radius 2 is 1.81 bits per heavy atom. The van der Waals surface area contributed by atoms with Crippen LogP contribution in [0.25, 0.3) is 33.3 Å². The number of pyridine rings is 1. The van der Waals surface area contributed by atoms with Crippen LogP contribution in [0.1, 0.15) is 15.9 Å². The smallest absolute Gasteiger partial charge is 0.251 e. The molecule has 27 heavy (non-hydrogen) atoms. The van der Waals surface area contributed by atoms with Crippen LogP contribution in [0, 0.1) is 11.6 Å². The van der Waals surface area contributed by atoms with E-state index >= 15 is 0 Å². The molecule has 4 nitrogen and oxygen atoms in total. The van der Waals surface area contributed by atoms with Crippen molar-refractivity contribution in [2.45, 2.75) is 6.54 Å². The molecule has 0 fully saturated rings. The van der Waals surface area contributed by atoms with Crippen molar-refractivity contribution < 1.29 is 13.6 Å². The average Bonchev–Trinajstić information content (AvgIpc) is 3.27. The molecule has 1 aliphatic rings. The van der Waals surface area contributed by atoms with Gasteiger partial charge in [0.05, 0.1) is 0 Å². The molecule has 0 saturated heterocycles. The highest BCUT2D eigenvalue weighted by Crippen LogP contribution is 2.37. The number of rotatable bonds is 2. The first-order valence-electron chi connectivity index (χ1n) is 8.44. The van der Waals surface area contributed by atoms with Crippen LogP contribution >= 0.6 is 0 Å². The van der Waals surface area contributed by atoms with E-state index in [0.717, 1.165) is 33.8 Å². The zero-order valence-corrected chi connectivity index (χ0v) is 14.0. The lowest BCUT2D eigenvalue weighted by Gasteiger charge is -2.13. The second-order valence-electron chi connectivity index (χ2n) is 6.50. The second-order valence-corrected chi connectivity index (χ2v) is 6.50. The van der Waals surface area contributed by atoms with Crippen molar-refractivity contribution in [1.82, 2.24) is 15.3 Å². The van der Waals surface area contributed by atoms with E-state index in [-0.39, 0.29) is 11.5 Å². The summed E-state index contributed by atoms with van der Waals surface area (Å²) in [7, 11) is 0. The summed E-state index contributed by atoms with van der Waals surface area (Å²) in [6.07, 6.45) is 3.50. The number of hydrogen-bond acceptors (Lipinski definition) is 2. The average molecular weight is 361 g/mol. The summed E-state index contributed by atoms with van der Waals surface area (Å²) in [5.74, 6) is -1.52. The van der Waals surface area contributed by atoms with Crippen molar-refractivity contribution in [3.05, 3.63) is 77.6 Å². The first-order chi connectivity index (χ1) is 13.1. The summed E-state index contributed by atoms with van der Waals surface area (Å²) in [5.41, 5.74) is 4.41. The minimum absolute atomic E-state index is 0.195. The van der Waals surface area contributed by atoms with Crippen molar-refractivity contribution in [3.8, 4) is 22.3 Å². The molecule has 0 atom stereocenters. The van der Waals surface area contributed by atoms with E-state index in [1.807, 2.05) is 18.2 Å². The van der Waals surface area contributed by atoms with Gasteiger partial charge >= 0.3 is 0 Å². The Hall–Kier alpha value is -3.54. The molecule has 2 aromatic heterocycles. The van der Waals surface area contributed by atoms with Gasteiger partial charge in [-0.3, -0.25) is 4.79 Å². The van der Waals surface area contributed by atoms with Crippen LogP contribution in [0.2, 0.25) is 0 Å². The maximum Gasteiger partial charge on any atom is 0.251 e. The van der Waals surface area contributed by atoms with Crippen LogP contribution in [0.5, 0.6) is 0 Å². The molecule has 4 aromatic rings. The minimum Gasteiger partial charge on any atom is -0.348 e. The fraction of sp³-hybridized carbons (Fsp3) is 0.0476. The lowest BCUT2D eigenvalue weighted by atomic mass is 9.91. The summed E-state index contributed by atoms with van der Waals surface area (Å²) in [6.45, 7) is 0.424. The van der Waals surface area contributed by atoms with E-state index < -0.39 is 11.6 Å². The van der Waals surface area contributed by atoms with E-state index in [0.29, 0.717) is 17.7 Å². The number of benzene rings is 2. The highest BCUT2D eigenvalue weighted by atomic mass is 19.1. The predicted molar refractivity (Wildman–Crippen MR) is 98.1 cm³/mol. The van der Waals surface area contributed by atoms with Crippen LogP contribution in [-0.2, 0) is 6.54 Å². The van der Waals surface area contributed by atoms with E-state index in [1.54, 1.807) is 18.5 Å². The Morgan fingerprint density at radius 3 is 2.67 bits per heavy atom. The molecule has 2 aromatic carbocycles. The topological polar surface area (TPSA) is 57.8 Å². The fourth-order valence-electron chi connectivity index (χ4n) is 3.53. The molecule has 1 amide bonds. The normalized spacial score (nSPS) is 13.0. The quantitative estimate of drug-likeness (QED) is 0.555. The van der Waals surface area contributed by atoms with E-state index in [4.69, 9.17) is 0 Å². The number of aromatic amines is 1. The number of fused-ring (bicyclic) bond motifs is 2. The van der Waals surface area contributed by atoms with Crippen molar-refractivity contribution >= 4 is 16.9 Å². The van der Waals surface area contributed by atoms with Gasteiger partial charge in [-0.25, -0.2) is 13.8 Å². The first-order valence-corrected chi connectivity index (χ1v) is 8.44. The SMILES string of the molecule is O=C1NCc2cc(-c3cnc4[nH]ccc4c3)c(-c3ccc(F)cc3F)cc21. The van der Waals surface area contributed by atoms with E-state index in [2.05, 4.69) is 15.3 Å². The third-order valence-corrected chi connectivity index (χ3v) is 4.86. The number of hydrogen-bond donors (Lipinski definition) is 2. The molecule has 2 N–H and O–H groups in total. The number of nitrogens with one attached hydrogen (secondary N) is 2. The zero-order valence-electron chi connectivity index (χ0n) is 14.0. The predicted octanol–water partition coefficient (Wildman–Crippen LogP) is 4.42. The molecule has 5 rings (SSSR count). The lowest BCUT2D eigenvalue weighted by molar-refractivity contribution is 0.0966. The zero-order chi connectivity index (χ0) is 18.5. The van der Waals surface area contributed by atoms with Crippen LogP contribution < -0.4 is 5.32 Å². The van der Waals surface area contributed by atoms with Crippen LogP contribution in [-0.4, -0.2) is 15.9 Å². The van der Waals surface area contributed by atoms with Gasteiger partial charge < -0.3 is 10.3 Å². The van der Waals surface area contributed by atoms with Gasteiger partial charge in [-0.05, 0) is 53.1 Å². The molecule has 0 aliphatic carbocycles.